The molecule has 1 aromatic carbocycles. The predicted molar refractivity (Wildman–Crippen MR) is 82.8 cm³/mol. The van der Waals surface area contributed by atoms with Gasteiger partial charge in [-0.1, -0.05) is 24.3 Å². The summed E-state index contributed by atoms with van der Waals surface area (Å²) in [6.45, 7) is 2.98. The molecule has 0 saturated carbocycles. The van der Waals surface area contributed by atoms with E-state index in [4.69, 9.17) is 0 Å². The summed E-state index contributed by atoms with van der Waals surface area (Å²) < 4.78 is 0. The van der Waals surface area contributed by atoms with Crippen LogP contribution in [0, 0.1) is 0 Å². The van der Waals surface area contributed by atoms with Gasteiger partial charge in [0.15, 0.2) is 0 Å². The molecule has 0 spiro atoms. The maximum atomic E-state index is 12.0. The fourth-order valence-electron chi connectivity index (χ4n) is 1.77. The van der Waals surface area contributed by atoms with Crippen molar-refractivity contribution in [3.8, 4) is 0 Å². The lowest BCUT2D eigenvalue weighted by atomic mass is 10.2. The fraction of sp³-hybridized carbons (Fsp3) is 0.200. The highest BCUT2D eigenvalue weighted by Crippen LogP contribution is 2.11. The number of hydrazine groups is 1. The highest BCUT2D eigenvalue weighted by molar-refractivity contribution is 7.09. The molecule has 0 aliphatic heterocycles. The topological polar surface area (TPSA) is 61.4 Å². The number of thiophene rings is 1. The van der Waals surface area contributed by atoms with Crippen molar-refractivity contribution in [3.05, 3.63) is 58.3 Å². The van der Waals surface area contributed by atoms with Crippen LogP contribution in [0.5, 0.6) is 0 Å². The van der Waals surface area contributed by atoms with Crippen LogP contribution in [0.2, 0.25) is 0 Å². The van der Waals surface area contributed by atoms with Crippen LogP contribution >= 0.6 is 11.3 Å². The Morgan fingerprint density at radius 1 is 1.10 bits per heavy atom. The van der Waals surface area contributed by atoms with Gasteiger partial charge in [-0.3, -0.25) is 10.2 Å². The van der Waals surface area contributed by atoms with Crippen molar-refractivity contribution in [2.75, 3.05) is 6.54 Å². The second-order valence-electron chi connectivity index (χ2n) is 4.34. The van der Waals surface area contributed by atoms with Crippen LogP contribution in [-0.2, 0) is 6.54 Å². The number of nitrogens with one attached hydrogen (secondary N) is 2. The summed E-state index contributed by atoms with van der Waals surface area (Å²) in [6, 6.07) is 12.3. The van der Waals surface area contributed by atoms with E-state index in [1.54, 1.807) is 40.5 Å². The number of hydrogen-bond donors (Lipinski definition) is 2. The van der Waals surface area contributed by atoms with Crippen LogP contribution in [0.1, 0.15) is 22.2 Å². The first-order chi connectivity index (χ1) is 10.2. The molecule has 2 rings (SSSR count). The molecule has 0 radical (unpaired) electrons. The van der Waals surface area contributed by atoms with Gasteiger partial charge in [0, 0.05) is 17.0 Å². The molecule has 0 aliphatic rings. The molecule has 2 aromatic rings. The maximum absolute atomic E-state index is 12.0. The van der Waals surface area contributed by atoms with Gasteiger partial charge in [0.05, 0.1) is 6.54 Å². The van der Waals surface area contributed by atoms with E-state index in [-0.39, 0.29) is 11.9 Å². The van der Waals surface area contributed by atoms with Crippen molar-refractivity contribution in [1.82, 2.24) is 15.8 Å². The zero-order chi connectivity index (χ0) is 15.1. The lowest BCUT2D eigenvalue weighted by molar-refractivity contribution is 0.0929. The van der Waals surface area contributed by atoms with Crippen molar-refractivity contribution >= 4 is 23.3 Å². The molecule has 110 valence electrons. The molecule has 6 heteroatoms. The monoisotopic (exact) mass is 303 g/mol. The van der Waals surface area contributed by atoms with Gasteiger partial charge < -0.3 is 4.90 Å². The van der Waals surface area contributed by atoms with E-state index in [1.807, 2.05) is 30.5 Å². The average Bonchev–Trinajstić information content (AvgIpc) is 3.03. The summed E-state index contributed by atoms with van der Waals surface area (Å²) >= 11 is 1.60. The van der Waals surface area contributed by atoms with E-state index in [0.717, 1.165) is 4.88 Å². The van der Waals surface area contributed by atoms with Crippen molar-refractivity contribution < 1.29 is 9.59 Å². The Kier molecular flexibility index (Phi) is 5.34. The zero-order valence-electron chi connectivity index (χ0n) is 11.7. The summed E-state index contributed by atoms with van der Waals surface area (Å²) in [7, 11) is 0. The van der Waals surface area contributed by atoms with Gasteiger partial charge in [0.2, 0.25) is 0 Å². The summed E-state index contributed by atoms with van der Waals surface area (Å²) in [5.74, 6) is -0.337. The maximum Gasteiger partial charge on any atom is 0.336 e. The summed E-state index contributed by atoms with van der Waals surface area (Å²) in [6.07, 6.45) is 0. The summed E-state index contributed by atoms with van der Waals surface area (Å²) in [5.41, 5.74) is 5.35. The van der Waals surface area contributed by atoms with Gasteiger partial charge in [0.25, 0.3) is 5.91 Å². The third-order valence-corrected chi connectivity index (χ3v) is 3.78. The van der Waals surface area contributed by atoms with E-state index in [9.17, 15) is 9.59 Å². The second kappa shape index (κ2) is 7.44. The molecular formula is C15H17N3O2S. The number of amides is 3. The van der Waals surface area contributed by atoms with Crippen LogP contribution in [0.3, 0.4) is 0 Å². The molecule has 0 saturated heterocycles. The lowest BCUT2D eigenvalue weighted by Crippen LogP contribution is -2.48. The van der Waals surface area contributed by atoms with Crippen molar-refractivity contribution in [3.63, 3.8) is 0 Å². The minimum atomic E-state index is -0.337. The molecule has 1 heterocycles. The molecule has 2 N–H and O–H groups in total. The Hall–Kier alpha value is -2.34. The largest absolute Gasteiger partial charge is 0.336 e. The number of benzene rings is 1. The number of carbonyl (C=O) groups excluding carboxylic acids is 2. The fourth-order valence-corrected chi connectivity index (χ4v) is 2.49. The molecule has 21 heavy (non-hydrogen) atoms. The molecule has 3 amide bonds. The number of carbonyl (C=O) groups is 2. The van der Waals surface area contributed by atoms with E-state index >= 15 is 0 Å². The highest BCUT2D eigenvalue weighted by Gasteiger charge is 2.13. The predicted octanol–water partition coefficient (Wildman–Crippen LogP) is 2.62. The lowest BCUT2D eigenvalue weighted by Gasteiger charge is -2.20. The van der Waals surface area contributed by atoms with Crippen LogP contribution in [0.4, 0.5) is 4.79 Å². The quantitative estimate of drug-likeness (QED) is 0.853. The van der Waals surface area contributed by atoms with Gasteiger partial charge in [-0.25, -0.2) is 10.2 Å². The molecule has 5 nitrogen and oxygen atoms in total. The molecule has 0 atom stereocenters. The van der Waals surface area contributed by atoms with Crippen molar-refractivity contribution in [2.45, 2.75) is 13.5 Å². The first-order valence-electron chi connectivity index (χ1n) is 6.63. The first-order valence-corrected chi connectivity index (χ1v) is 7.51. The van der Waals surface area contributed by atoms with Crippen molar-refractivity contribution in [1.29, 1.82) is 0 Å². The van der Waals surface area contributed by atoms with E-state index in [1.165, 1.54) is 0 Å². The molecular weight excluding hydrogens is 286 g/mol. The van der Waals surface area contributed by atoms with Crippen LogP contribution in [0.25, 0.3) is 0 Å². The van der Waals surface area contributed by atoms with Crippen LogP contribution < -0.4 is 10.9 Å². The summed E-state index contributed by atoms with van der Waals surface area (Å²) in [5, 5.41) is 1.97. The third kappa shape index (κ3) is 4.32. The Labute approximate surface area is 127 Å². The van der Waals surface area contributed by atoms with E-state index in [0.29, 0.717) is 18.7 Å². The first kappa shape index (κ1) is 15.1. The standard InChI is InChI=1S/C15H17N3O2S/c1-2-18(11-13-9-6-10-21-13)15(20)17-16-14(19)12-7-4-3-5-8-12/h3-10H,2,11H2,1H3,(H,16,19)(H,17,20). The second-order valence-corrected chi connectivity index (χ2v) is 5.38. The highest BCUT2D eigenvalue weighted by atomic mass is 32.1. The Bertz CT molecular complexity index is 584. The van der Waals surface area contributed by atoms with Gasteiger partial charge in [-0.05, 0) is 30.5 Å². The molecule has 0 unspecified atom stereocenters. The molecule has 0 fully saturated rings. The van der Waals surface area contributed by atoms with E-state index < -0.39 is 0 Å². The third-order valence-electron chi connectivity index (χ3n) is 2.91. The SMILES string of the molecule is CCN(Cc1cccs1)C(=O)NNC(=O)c1ccccc1. The minimum Gasteiger partial charge on any atom is -0.319 e. The molecule has 0 bridgehead atoms. The molecule has 1 aromatic heterocycles. The smallest absolute Gasteiger partial charge is 0.319 e. The minimum absolute atomic E-state index is 0.324. The van der Waals surface area contributed by atoms with Crippen molar-refractivity contribution in [2.24, 2.45) is 0 Å². The van der Waals surface area contributed by atoms with Gasteiger partial charge in [-0.2, -0.15) is 0 Å². The number of urea groups is 1. The Morgan fingerprint density at radius 2 is 1.86 bits per heavy atom. The van der Waals surface area contributed by atoms with E-state index in [2.05, 4.69) is 10.9 Å². The Morgan fingerprint density at radius 3 is 2.48 bits per heavy atom. The van der Waals surface area contributed by atoms with Crippen LogP contribution in [0.15, 0.2) is 47.8 Å². The zero-order valence-corrected chi connectivity index (χ0v) is 12.5. The number of hydrogen-bond acceptors (Lipinski definition) is 3. The normalized spacial score (nSPS) is 9.95. The number of rotatable bonds is 4. The number of nitrogens with zero attached hydrogens (tertiary/aromatic N) is 1. The Balaban J connectivity index is 1.86. The van der Waals surface area contributed by atoms with Gasteiger partial charge >= 0.3 is 6.03 Å². The molecule has 0 aliphatic carbocycles. The summed E-state index contributed by atoms with van der Waals surface area (Å²) in [4.78, 5) is 26.6. The average molecular weight is 303 g/mol. The van der Waals surface area contributed by atoms with Crippen LogP contribution in [-0.4, -0.2) is 23.4 Å². The van der Waals surface area contributed by atoms with Gasteiger partial charge in [-0.15, -0.1) is 11.3 Å². The van der Waals surface area contributed by atoms with Gasteiger partial charge in [0.1, 0.15) is 0 Å².